The standard InChI is InChI=1S/C13H26O2/c1-5-12(2,3)11(10-14)15-13(4)8-6-7-9-13/h11,14H,5-10H2,1-4H3. The van der Waals surface area contributed by atoms with Crippen LogP contribution < -0.4 is 0 Å². The average molecular weight is 214 g/mol. The maximum Gasteiger partial charge on any atom is 0.0863 e. The predicted molar refractivity (Wildman–Crippen MR) is 62.9 cm³/mol. The summed E-state index contributed by atoms with van der Waals surface area (Å²) in [7, 11) is 0. The molecule has 0 aromatic rings. The van der Waals surface area contributed by atoms with Crippen LogP contribution in [0.15, 0.2) is 0 Å². The molecule has 1 aliphatic carbocycles. The van der Waals surface area contributed by atoms with Gasteiger partial charge in [-0.05, 0) is 31.6 Å². The van der Waals surface area contributed by atoms with Gasteiger partial charge in [0.25, 0.3) is 0 Å². The van der Waals surface area contributed by atoms with Crippen LogP contribution in [0.25, 0.3) is 0 Å². The lowest BCUT2D eigenvalue weighted by molar-refractivity contribution is -0.141. The Balaban J connectivity index is 2.60. The fourth-order valence-electron chi connectivity index (χ4n) is 2.26. The van der Waals surface area contributed by atoms with E-state index in [1.165, 1.54) is 12.8 Å². The first kappa shape index (κ1) is 13.0. The number of rotatable bonds is 5. The Morgan fingerprint density at radius 3 is 2.27 bits per heavy atom. The highest BCUT2D eigenvalue weighted by Crippen LogP contribution is 2.37. The van der Waals surface area contributed by atoms with E-state index in [9.17, 15) is 5.11 Å². The molecule has 0 aromatic carbocycles. The second-order valence-electron chi connectivity index (χ2n) is 5.79. The molecule has 2 nitrogen and oxygen atoms in total. The van der Waals surface area contributed by atoms with E-state index in [0.29, 0.717) is 0 Å². The maximum absolute atomic E-state index is 9.44. The Labute approximate surface area is 94.0 Å². The molecule has 0 heterocycles. The van der Waals surface area contributed by atoms with Gasteiger partial charge in [-0.1, -0.05) is 33.6 Å². The Kier molecular flexibility index (Phi) is 4.19. The molecule has 0 aromatic heterocycles. The summed E-state index contributed by atoms with van der Waals surface area (Å²) in [6.07, 6.45) is 5.83. The van der Waals surface area contributed by atoms with E-state index in [0.717, 1.165) is 19.3 Å². The zero-order valence-electron chi connectivity index (χ0n) is 10.7. The molecular weight excluding hydrogens is 188 g/mol. The Morgan fingerprint density at radius 1 is 1.33 bits per heavy atom. The van der Waals surface area contributed by atoms with Gasteiger partial charge in [-0.3, -0.25) is 0 Å². The van der Waals surface area contributed by atoms with Crippen molar-refractivity contribution in [1.29, 1.82) is 0 Å². The molecule has 0 saturated heterocycles. The monoisotopic (exact) mass is 214 g/mol. The highest BCUT2D eigenvalue weighted by atomic mass is 16.5. The second-order valence-corrected chi connectivity index (χ2v) is 5.79. The van der Waals surface area contributed by atoms with Gasteiger partial charge in [-0.2, -0.15) is 0 Å². The van der Waals surface area contributed by atoms with Gasteiger partial charge in [-0.15, -0.1) is 0 Å². The zero-order valence-corrected chi connectivity index (χ0v) is 10.7. The van der Waals surface area contributed by atoms with Crippen molar-refractivity contribution in [3.8, 4) is 0 Å². The van der Waals surface area contributed by atoms with Crippen LogP contribution >= 0.6 is 0 Å². The Bertz CT molecular complexity index is 193. The second kappa shape index (κ2) is 4.84. The summed E-state index contributed by atoms with van der Waals surface area (Å²) in [4.78, 5) is 0. The van der Waals surface area contributed by atoms with Crippen molar-refractivity contribution in [2.75, 3.05) is 6.61 Å². The average Bonchev–Trinajstić information content (AvgIpc) is 2.62. The van der Waals surface area contributed by atoms with Gasteiger partial charge in [0.1, 0.15) is 0 Å². The van der Waals surface area contributed by atoms with E-state index in [4.69, 9.17) is 4.74 Å². The SMILES string of the molecule is CCC(C)(C)C(CO)OC1(C)CCCC1. The highest BCUT2D eigenvalue weighted by molar-refractivity contribution is 4.86. The summed E-state index contributed by atoms with van der Waals surface area (Å²) in [5, 5.41) is 9.44. The van der Waals surface area contributed by atoms with Gasteiger partial charge >= 0.3 is 0 Å². The summed E-state index contributed by atoms with van der Waals surface area (Å²) in [6, 6.07) is 0. The normalized spacial score (nSPS) is 23.0. The van der Waals surface area contributed by atoms with E-state index in [2.05, 4.69) is 27.7 Å². The van der Waals surface area contributed by atoms with E-state index >= 15 is 0 Å². The van der Waals surface area contributed by atoms with E-state index in [1.54, 1.807) is 0 Å². The number of hydrogen-bond acceptors (Lipinski definition) is 2. The fourth-order valence-corrected chi connectivity index (χ4v) is 2.26. The summed E-state index contributed by atoms with van der Waals surface area (Å²) in [5.41, 5.74) is 0.0835. The molecule has 90 valence electrons. The van der Waals surface area contributed by atoms with Gasteiger partial charge < -0.3 is 9.84 Å². The fraction of sp³-hybridized carbons (Fsp3) is 1.00. The summed E-state index contributed by atoms with van der Waals surface area (Å²) in [6.45, 7) is 8.83. The molecule has 1 rings (SSSR count). The van der Waals surface area contributed by atoms with Crippen LogP contribution in [-0.4, -0.2) is 23.4 Å². The minimum atomic E-state index is -0.0226. The third-order valence-electron chi connectivity index (χ3n) is 4.04. The Morgan fingerprint density at radius 2 is 1.87 bits per heavy atom. The van der Waals surface area contributed by atoms with Crippen molar-refractivity contribution >= 4 is 0 Å². The molecule has 0 radical (unpaired) electrons. The van der Waals surface area contributed by atoms with Crippen LogP contribution in [0.4, 0.5) is 0 Å². The zero-order chi connectivity index (χ0) is 11.5. The molecule has 1 atom stereocenters. The quantitative estimate of drug-likeness (QED) is 0.762. The molecular formula is C13H26O2. The van der Waals surface area contributed by atoms with Crippen molar-refractivity contribution in [1.82, 2.24) is 0 Å². The molecule has 1 fully saturated rings. The largest absolute Gasteiger partial charge is 0.394 e. The van der Waals surface area contributed by atoms with Crippen molar-refractivity contribution < 1.29 is 9.84 Å². The van der Waals surface area contributed by atoms with Gasteiger partial charge in [0.2, 0.25) is 0 Å². The van der Waals surface area contributed by atoms with E-state index in [1.807, 2.05) is 0 Å². The van der Waals surface area contributed by atoms with E-state index in [-0.39, 0.29) is 23.7 Å². The molecule has 2 heteroatoms. The van der Waals surface area contributed by atoms with Crippen molar-refractivity contribution in [3.05, 3.63) is 0 Å². The third-order valence-corrected chi connectivity index (χ3v) is 4.04. The lowest BCUT2D eigenvalue weighted by atomic mass is 9.83. The molecule has 1 aliphatic rings. The van der Waals surface area contributed by atoms with Crippen LogP contribution in [-0.2, 0) is 4.74 Å². The molecule has 0 amide bonds. The summed E-state index contributed by atoms with van der Waals surface area (Å²) >= 11 is 0. The minimum absolute atomic E-state index is 0.0137. The molecule has 0 aliphatic heterocycles. The highest BCUT2D eigenvalue weighted by Gasteiger charge is 2.37. The summed E-state index contributed by atoms with van der Waals surface area (Å²) < 4.78 is 6.15. The van der Waals surface area contributed by atoms with Crippen LogP contribution in [0.2, 0.25) is 0 Å². The van der Waals surface area contributed by atoms with Gasteiger partial charge in [0.05, 0.1) is 18.3 Å². The lowest BCUT2D eigenvalue weighted by Crippen LogP contribution is -2.41. The molecule has 15 heavy (non-hydrogen) atoms. The first-order valence-corrected chi connectivity index (χ1v) is 6.22. The van der Waals surface area contributed by atoms with E-state index < -0.39 is 0 Å². The molecule has 0 spiro atoms. The third kappa shape index (κ3) is 3.18. The molecule has 1 N–H and O–H groups in total. The van der Waals surface area contributed by atoms with Gasteiger partial charge in [0, 0.05) is 0 Å². The first-order valence-electron chi connectivity index (χ1n) is 6.22. The van der Waals surface area contributed by atoms with Crippen LogP contribution in [0.3, 0.4) is 0 Å². The van der Waals surface area contributed by atoms with Crippen LogP contribution in [0.5, 0.6) is 0 Å². The molecule has 1 unspecified atom stereocenters. The van der Waals surface area contributed by atoms with Crippen LogP contribution in [0, 0.1) is 5.41 Å². The van der Waals surface area contributed by atoms with Gasteiger partial charge in [0.15, 0.2) is 0 Å². The first-order chi connectivity index (χ1) is 6.93. The topological polar surface area (TPSA) is 29.5 Å². The number of aliphatic hydroxyl groups is 1. The lowest BCUT2D eigenvalue weighted by Gasteiger charge is -2.38. The number of aliphatic hydroxyl groups excluding tert-OH is 1. The number of ether oxygens (including phenoxy) is 1. The van der Waals surface area contributed by atoms with Crippen molar-refractivity contribution in [3.63, 3.8) is 0 Å². The maximum atomic E-state index is 9.44. The molecule has 1 saturated carbocycles. The van der Waals surface area contributed by atoms with Crippen molar-refractivity contribution in [2.45, 2.75) is 71.5 Å². The number of hydrogen-bond donors (Lipinski definition) is 1. The molecule has 0 bridgehead atoms. The minimum Gasteiger partial charge on any atom is -0.394 e. The van der Waals surface area contributed by atoms with Crippen molar-refractivity contribution in [2.24, 2.45) is 5.41 Å². The summed E-state index contributed by atoms with van der Waals surface area (Å²) in [5.74, 6) is 0. The van der Waals surface area contributed by atoms with Gasteiger partial charge in [-0.25, -0.2) is 0 Å². The predicted octanol–water partition coefficient (Wildman–Crippen LogP) is 3.13. The Hall–Kier alpha value is -0.0800. The van der Waals surface area contributed by atoms with Crippen LogP contribution in [0.1, 0.15) is 59.8 Å². The smallest absolute Gasteiger partial charge is 0.0863 e.